The van der Waals surface area contributed by atoms with Gasteiger partial charge >= 0.3 is 0 Å². The molecule has 4 unspecified atom stereocenters. The van der Waals surface area contributed by atoms with E-state index >= 15 is 0 Å². The highest BCUT2D eigenvalue weighted by Gasteiger charge is 2.64. The van der Waals surface area contributed by atoms with Crippen LogP contribution in [0.2, 0.25) is 0 Å². The lowest BCUT2D eigenvalue weighted by atomic mass is 9.57. The molecule has 1 saturated carbocycles. The van der Waals surface area contributed by atoms with Gasteiger partial charge in [-0.3, -0.25) is 19.3 Å². The monoisotopic (exact) mass is 549 g/mol. The lowest BCUT2D eigenvalue weighted by molar-refractivity contribution is -0.153. The Kier molecular flexibility index (Phi) is 8.21. The van der Waals surface area contributed by atoms with Gasteiger partial charge in [0.05, 0.1) is 18.2 Å². The van der Waals surface area contributed by atoms with Gasteiger partial charge in [0.2, 0.25) is 5.78 Å². The first-order valence-corrected chi connectivity index (χ1v) is 12.5. The number of nitrogens with zero attached hydrogens (tertiary/aromatic N) is 2. The molecule has 3 aliphatic carbocycles. The topological polar surface area (TPSA) is 154 Å². The fourth-order valence-corrected chi connectivity index (χ4v) is 6.08. The molecule has 1 fully saturated rings. The molecule has 0 aliphatic heterocycles. The van der Waals surface area contributed by atoms with Crippen molar-refractivity contribution in [3.63, 3.8) is 0 Å². The van der Waals surface area contributed by atoms with Crippen LogP contribution in [-0.2, 0) is 20.8 Å². The van der Waals surface area contributed by atoms with E-state index in [4.69, 9.17) is 10.5 Å². The molecular weight excluding hydrogens is 514 g/mol. The van der Waals surface area contributed by atoms with E-state index in [1.54, 1.807) is 20.2 Å². The summed E-state index contributed by atoms with van der Waals surface area (Å²) in [5.41, 5.74) is 3.96. The number of benzene rings is 1. The number of ether oxygens (including phenoxy) is 1. The van der Waals surface area contributed by atoms with E-state index in [9.17, 15) is 29.7 Å². The summed E-state index contributed by atoms with van der Waals surface area (Å²) in [6.07, 6.45) is 2.19. The molecule has 0 spiro atoms. The second-order valence-electron chi connectivity index (χ2n) is 10.5. The van der Waals surface area contributed by atoms with Crippen LogP contribution < -0.4 is 15.4 Å². The van der Waals surface area contributed by atoms with Crippen molar-refractivity contribution in [1.29, 1.82) is 0 Å². The number of hydrogen-bond acceptors (Lipinski definition) is 9. The minimum Gasteiger partial charge on any atom is -0.508 e. The van der Waals surface area contributed by atoms with Crippen LogP contribution in [0.5, 0.6) is 5.75 Å². The Balaban J connectivity index is 0.00000400. The van der Waals surface area contributed by atoms with Crippen molar-refractivity contribution in [2.45, 2.75) is 44.2 Å². The second-order valence-corrected chi connectivity index (χ2v) is 10.5. The van der Waals surface area contributed by atoms with Crippen molar-refractivity contribution in [1.82, 2.24) is 4.90 Å². The van der Waals surface area contributed by atoms with E-state index in [0.717, 1.165) is 24.1 Å². The predicted molar refractivity (Wildman–Crippen MR) is 145 cm³/mol. The van der Waals surface area contributed by atoms with Crippen molar-refractivity contribution in [2.24, 2.45) is 17.6 Å². The second kappa shape index (κ2) is 10.6. The van der Waals surface area contributed by atoms with Crippen molar-refractivity contribution < 1.29 is 34.4 Å². The number of carbonyl (C=O) groups excluding carboxylic acids is 3. The quantitative estimate of drug-likeness (QED) is 0.295. The molecule has 5 N–H and O–H groups in total. The number of amides is 1. The Morgan fingerprint density at radius 3 is 2.39 bits per heavy atom. The SMILES string of the molecule is CCCCOc1ccc(N(C)C)c2c1C(O)=C1C(=O)C3(O)C(O)=C(C(N)=O)C(=O)C(N(C)C)C3CC1C2.Cl. The van der Waals surface area contributed by atoms with Crippen molar-refractivity contribution in [2.75, 3.05) is 39.7 Å². The maximum absolute atomic E-state index is 14.0. The third-order valence-corrected chi connectivity index (χ3v) is 7.80. The number of anilines is 1. The third kappa shape index (κ3) is 4.24. The van der Waals surface area contributed by atoms with E-state index in [2.05, 4.69) is 0 Å². The van der Waals surface area contributed by atoms with Crippen molar-refractivity contribution in [3.05, 3.63) is 40.2 Å². The number of primary amides is 1. The van der Waals surface area contributed by atoms with E-state index in [1.165, 1.54) is 4.90 Å². The molecule has 4 atom stereocenters. The van der Waals surface area contributed by atoms with Crippen LogP contribution in [-0.4, -0.2) is 84.1 Å². The summed E-state index contributed by atoms with van der Waals surface area (Å²) in [6.45, 7) is 2.46. The molecule has 0 radical (unpaired) electrons. The fraction of sp³-hybridized carbons (Fsp3) is 0.519. The molecule has 10 nitrogen and oxygen atoms in total. The molecule has 1 amide bonds. The number of unbranched alkanes of at least 4 members (excludes halogenated alkanes) is 1. The summed E-state index contributed by atoms with van der Waals surface area (Å²) in [6, 6.07) is 2.57. The maximum Gasteiger partial charge on any atom is 0.255 e. The van der Waals surface area contributed by atoms with Crippen LogP contribution in [0.4, 0.5) is 5.69 Å². The zero-order chi connectivity index (χ0) is 27.4. The van der Waals surface area contributed by atoms with Gasteiger partial charge in [-0.1, -0.05) is 13.3 Å². The Morgan fingerprint density at radius 2 is 1.84 bits per heavy atom. The zero-order valence-electron chi connectivity index (χ0n) is 22.3. The number of aliphatic hydroxyl groups is 3. The summed E-state index contributed by atoms with van der Waals surface area (Å²) in [5, 5.41) is 34.2. The summed E-state index contributed by atoms with van der Waals surface area (Å²) in [4.78, 5) is 42.7. The van der Waals surface area contributed by atoms with Gasteiger partial charge < -0.3 is 30.7 Å². The minimum atomic E-state index is -2.59. The Labute approximate surface area is 228 Å². The van der Waals surface area contributed by atoms with Gasteiger partial charge in [0.15, 0.2) is 11.4 Å². The number of aliphatic hydroxyl groups excluding tert-OH is 2. The van der Waals surface area contributed by atoms with Crippen LogP contribution >= 0.6 is 12.4 Å². The van der Waals surface area contributed by atoms with E-state index in [-0.39, 0.29) is 30.2 Å². The molecule has 208 valence electrons. The number of halogens is 1. The first kappa shape index (κ1) is 29.5. The Hall–Kier alpha value is -3.08. The van der Waals surface area contributed by atoms with Gasteiger partial charge in [-0.25, -0.2) is 0 Å². The number of Topliss-reactive ketones (excluding diaryl/α,β-unsaturated/α-hetero) is 2. The standard InChI is InChI=1S/C27H35N3O7.ClH/c1-6-7-10-37-17-9-8-16(29(2)3)14-11-13-12-15-21(30(4)5)23(32)20(26(28)35)25(34)27(15,36)24(33)18(13)22(31)19(14)17;/h8-9,13,15,21,31,34,36H,6-7,10-12H2,1-5H3,(H2,28,35);1H. The summed E-state index contributed by atoms with van der Waals surface area (Å²) in [7, 11) is 6.95. The van der Waals surface area contributed by atoms with Gasteiger partial charge in [0.25, 0.3) is 5.91 Å². The number of carbonyl (C=O) groups is 3. The average Bonchev–Trinajstić information content (AvgIpc) is 2.81. The molecule has 11 heteroatoms. The number of ketones is 2. The predicted octanol–water partition coefficient (Wildman–Crippen LogP) is 1.93. The smallest absolute Gasteiger partial charge is 0.255 e. The number of nitrogens with two attached hydrogens (primary N) is 1. The summed E-state index contributed by atoms with van der Waals surface area (Å²) in [5.74, 6) is -5.47. The Bertz CT molecular complexity index is 1240. The van der Waals surface area contributed by atoms with Gasteiger partial charge in [-0.15, -0.1) is 12.4 Å². The number of likely N-dealkylation sites (N-methyl/N-ethyl adjacent to an activating group) is 1. The minimum absolute atomic E-state index is 0. The van der Waals surface area contributed by atoms with Gasteiger partial charge in [-0.2, -0.15) is 0 Å². The number of fused-ring (bicyclic) bond motifs is 3. The molecular formula is C27H36ClN3O7. The number of rotatable bonds is 7. The Morgan fingerprint density at radius 1 is 1.18 bits per heavy atom. The summed E-state index contributed by atoms with van der Waals surface area (Å²) >= 11 is 0. The van der Waals surface area contributed by atoms with Crippen LogP contribution in [0.15, 0.2) is 29.0 Å². The van der Waals surface area contributed by atoms with E-state index < -0.39 is 52.3 Å². The van der Waals surface area contributed by atoms with Gasteiger partial charge in [0, 0.05) is 31.3 Å². The van der Waals surface area contributed by atoms with Gasteiger partial charge in [-0.05, 0) is 57.0 Å². The molecule has 1 aromatic carbocycles. The third-order valence-electron chi connectivity index (χ3n) is 7.80. The van der Waals surface area contributed by atoms with Crippen LogP contribution in [0.3, 0.4) is 0 Å². The largest absolute Gasteiger partial charge is 0.508 e. The normalized spacial score (nSPS) is 26.4. The lowest BCUT2D eigenvalue weighted by Crippen LogP contribution is -2.65. The highest BCUT2D eigenvalue weighted by atomic mass is 35.5. The first-order chi connectivity index (χ1) is 17.4. The lowest BCUT2D eigenvalue weighted by Gasteiger charge is -2.50. The van der Waals surface area contributed by atoms with Gasteiger partial charge in [0.1, 0.15) is 22.8 Å². The van der Waals surface area contributed by atoms with E-state index in [0.29, 0.717) is 24.3 Å². The fourth-order valence-electron chi connectivity index (χ4n) is 6.08. The van der Waals surface area contributed by atoms with Crippen LogP contribution in [0, 0.1) is 11.8 Å². The molecule has 0 saturated heterocycles. The molecule has 0 bridgehead atoms. The highest BCUT2D eigenvalue weighted by Crippen LogP contribution is 2.53. The molecule has 3 aliphatic rings. The molecule has 38 heavy (non-hydrogen) atoms. The maximum atomic E-state index is 14.0. The summed E-state index contributed by atoms with van der Waals surface area (Å²) < 4.78 is 5.97. The van der Waals surface area contributed by atoms with E-state index in [1.807, 2.05) is 32.0 Å². The number of hydrogen-bond donors (Lipinski definition) is 4. The van der Waals surface area contributed by atoms with Crippen LogP contribution in [0.1, 0.15) is 37.3 Å². The molecule has 0 heterocycles. The zero-order valence-corrected chi connectivity index (χ0v) is 23.1. The first-order valence-electron chi connectivity index (χ1n) is 12.5. The molecule has 1 aromatic rings. The highest BCUT2D eigenvalue weighted by molar-refractivity contribution is 6.24. The van der Waals surface area contributed by atoms with Crippen molar-refractivity contribution in [3.8, 4) is 5.75 Å². The van der Waals surface area contributed by atoms with Crippen molar-refractivity contribution >= 4 is 41.3 Å². The van der Waals surface area contributed by atoms with Crippen LogP contribution in [0.25, 0.3) is 5.76 Å². The molecule has 0 aromatic heterocycles. The molecule has 4 rings (SSSR count). The average molecular weight is 550 g/mol.